The summed E-state index contributed by atoms with van der Waals surface area (Å²) in [7, 11) is 0. The van der Waals surface area contributed by atoms with Crippen molar-refractivity contribution in [1.82, 2.24) is 5.32 Å². The Hall–Kier alpha value is -1.37. The number of hydrogen-bond donors (Lipinski definition) is 7. The number of hydrogen-bond acceptors (Lipinski definition) is 9. The summed E-state index contributed by atoms with van der Waals surface area (Å²) in [6.07, 6.45) is 29.7. The minimum atomic E-state index is -1.61. The van der Waals surface area contributed by atoms with Crippen molar-refractivity contribution in [1.29, 1.82) is 0 Å². The summed E-state index contributed by atoms with van der Waals surface area (Å²) >= 11 is 0. The van der Waals surface area contributed by atoms with E-state index in [0.717, 1.165) is 57.8 Å². The second kappa shape index (κ2) is 34.8. The molecule has 1 aliphatic rings. The molecule has 0 aliphatic carbocycles. The molecule has 8 atom stereocenters. The molecule has 0 aromatic carbocycles. The molecule has 0 spiro atoms. The monoisotopic (exact) mass is 770 g/mol. The zero-order valence-corrected chi connectivity index (χ0v) is 34.3. The summed E-state index contributed by atoms with van der Waals surface area (Å²) in [4.78, 5) is 13.0. The van der Waals surface area contributed by atoms with E-state index in [1.54, 1.807) is 6.08 Å². The lowest BCUT2D eigenvalue weighted by atomic mass is 9.99. The van der Waals surface area contributed by atoms with Crippen LogP contribution in [0.4, 0.5) is 0 Å². The normalized spacial score (nSPS) is 22.3. The van der Waals surface area contributed by atoms with Gasteiger partial charge in [-0.15, -0.1) is 0 Å². The molecule has 1 fully saturated rings. The van der Waals surface area contributed by atoms with Crippen LogP contribution in [0, 0.1) is 0 Å². The molecular weight excluding hydrogens is 686 g/mol. The van der Waals surface area contributed by atoms with Crippen LogP contribution in [0.25, 0.3) is 0 Å². The van der Waals surface area contributed by atoms with E-state index in [1.807, 2.05) is 6.08 Å². The van der Waals surface area contributed by atoms with Gasteiger partial charge in [0.25, 0.3) is 0 Å². The highest BCUT2D eigenvalue weighted by Crippen LogP contribution is 2.22. The lowest BCUT2D eigenvalue weighted by Crippen LogP contribution is -2.60. The predicted octanol–water partition coefficient (Wildman–Crippen LogP) is 7.69. The van der Waals surface area contributed by atoms with Crippen LogP contribution in [0.3, 0.4) is 0 Å². The third-order valence-corrected chi connectivity index (χ3v) is 10.6. The van der Waals surface area contributed by atoms with Crippen molar-refractivity contribution in [2.75, 3.05) is 13.2 Å². The van der Waals surface area contributed by atoms with Gasteiger partial charge in [-0.3, -0.25) is 4.79 Å². The lowest BCUT2D eigenvalue weighted by molar-refractivity contribution is -0.302. The van der Waals surface area contributed by atoms with Gasteiger partial charge in [0, 0.05) is 0 Å². The number of carbonyl (C=O) groups excluding carboxylic acids is 1. The first-order valence-corrected chi connectivity index (χ1v) is 22.2. The lowest BCUT2D eigenvalue weighted by Gasteiger charge is -2.40. The molecule has 10 heteroatoms. The summed E-state index contributed by atoms with van der Waals surface area (Å²) in [5, 5.41) is 64.5. The first-order chi connectivity index (χ1) is 26.3. The Morgan fingerprint density at radius 1 is 0.630 bits per heavy atom. The minimum absolute atomic E-state index is 0.307. The van der Waals surface area contributed by atoms with Crippen molar-refractivity contribution in [3.8, 4) is 0 Å². The van der Waals surface area contributed by atoms with Crippen molar-refractivity contribution in [2.45, 2.75) is 236 Å². The van der Waals surface area contributed by atoms with E-state index < -0.39 is 61.5 Å². The topological polar surface area (TPSA) is 169 Å². The fourth-order valence-corrected chi connectivity index (χ4v) is 6.92. The Morgan fingerprint density at radius 2 is 1.07 bits per heavy atom. The molecule has 318 valence electrons. The summed E-state index contributed by atoms with van der Waals surface area (Å²) in [6, 6.07) is -0.980. The SMILES string of the molecule is CCCCCCCC/C=C\CCCCCCC/C=C/[C@@H](O)[C@@H](CO[C@@H]1O[C@H](CO)[C@@H](O)[C@H](O)[C@H]1O)NC(=O)[C@H](O)CCCCCCCCCCCCCC. The van der Waals surface area contributed by atoms with Crippen LogP contribution in [-0.4, -0.2) is 98.7 Å². The number of aliphatic hydroxyl groups excluding tert-OH is 6. The van der Waals surface area contributed by atoms with Gasteiger partial charge in [-0.25, -0.2) is 0 Å². The highest BCUT2D eigenvalue weighted by molar-refractivity contribution is 5.80. The summed E-state index contributed by atoms with van der Waals surface area (Å²) in [5.41, 5.74) is 0. The van der Waals surface area contributed by atoms with Crippen molar-refractivity contribution in [2.24, 2.45) is 0 Å². The fraction of sp³-hybridized carbons (Fsp3) is 0.886. The van der Waals surface area contributed by atoms with Crippen LogP contribution >= 0.6 is 0 Å². The van der Waals surface area contributed by atoms with Crippen LogP contribution in [-0.2, 0) is 14.3 Å². The van der Waals surface area contributed by atoms with Crippen LogP contribution in [0.15, 0.2) is 24.3 Å². The van der Waals surface area contributed by atoms with Crippen LogP contribution in [0.5, 0.6) is 0 Å². The first-order valence-electron chi connectivity index (χ1n) is 22.2. The highest BCUT2D eigenvalue weighted by Gasteiger charge is 2.44. The molecule has 0 radical (unpaired) electrons. The molecule has 7 N–H and O–H groups in total. The average molecular weight is 770 g/mol. The number of allylic oxidation sites excluding steroid dienone is 3. The molecule has 0 aromatic rings. The van der Waals surface area contributed by atoms with Crippen molar-refractivity contribution < 1.29 is 44.9 Å². The molecular formula is C44H83NO9. The Morgan fingerprint density at radius 3 is 1.56 bits per heavy atom. The molecule has 10 nitrogen and oxygen atoms in total. The number of carbonyl (C=O) groups is 1. The molecule has 1 aliphatic heterocycles. The quantitative estimate of drug-likeness (QED) is 0.0250. The zero-order valence-electron chi connectivity index (χ0n) is 34.3. The van der Waals surface area contributed by atoms with Crippen molar-refractivity contribution in [3.63, 3.8) is 0 Å². The molecule has 1 rings (SSSR count). The Balaban J connectivity index is 2.46. The van der Waals surface area contributed by atoms with Gasteiger partial charge in [-0.05, 0) is 44.9 Å². The van der Waals surface area contributed by atoms with E-state index in [-0.39, 0.29) is 6.61 Å². The van der Waals surface area contributed by atoms with Gasteiger partial charge >= 0.3 is 0 Å². The second-order valence-electron chi connectivity index (χ2n) is 15.6. The van der Waals surface area contributed by atoms with Gasteiger partial charge in [0.1, 0.15) is 30.5 Å². The summed E-state index contributed by atoms with van der Waals surface area (Å²) in [6.45, 7) is 3.58. The number of aliphatic hydroxyl groups is 6. The van der Waals surface area contributed by atoms with E-state index in [4.69, 9.17) is 9.47 Å². The first kappa shape index (κ1) is 50.6. The van der Waals surface area contributed by atoms with Gasteiger partial charge in [0.2, 0.25) is 5.91 Å². The zero-order chi connectivity index (χ0) is 39.7. The number of amides is 1. The Labute approximate surface area is 329 Å². The van der Waals surface area contributed by atoms with E-state index in [9.17, 15) is 35.4 Å². The number of nitrogens with one attached hydrogen (secondary N) is 1. The average Bonchev–Trinajstić information content (AvgIpc) is 3.17. The smallest absolute Gasteiger partial charge is 0.249 e. The third kappa shape index (κ3) is 25.0. The predicted molar refractivity (Wildman–Crippen MR) is 218 cm³/mol. The molecule has 0 bridgehead atoms. The molecule has 1 amide bonds. The van der Waals surface area contributed by atoms with Crippen LogP contribution in [0.1, 0.15) is 187 Å². The molecule has 1 saturated heterocycles. The maximum atomic E-state index is 13.0. The fourth-order valence-electron chi connectivity index (χ4n) is 6.92. The van der Waals surface area contributed by atoms with E-state index in [1.165, 1.54) is 109 Å². The Kier molecular flexibility index (Phi) is 32.7. The van der Waals surface area contributed by atoms with Gasteiger partial charge in [-0.2, -0.15) is 0 Å². The minimum Gasteiger partial charge on any atom is -0.394 e. The number of rotatable bonds is 36. The maximum absolute atomic E-state index is 13.0. The third-order valence-electron chi connectivity index (χ3n) is 10.6. The number of ether oxygens (including phenoxy) is 2. The molecule has 0 unspecified atom stereocenters. The van der Waals surface area contributed by atoms with E-state index >= 15 is 0 Å². The molecule has 1 heterocycles. The largest absolute Gasteiger partial charge is 0.394 e. The van der Waals surface area contributed by atoms with Crippen molar-refractivity contribution >= 4 is 5.91 Å². The highest BCUT2D eigenvalue weighted by atomic mass is 16.7. The molecule has 0 aromatic heterocycles. The number of unbranched alkanes of at least 4 members (excludes halogenated alkanes) is 23. The van der Waals surface area contributed by atoms with Gasteiger partial charge in [-0.1, -0.05) is 167 Å². The van der Waals surface area contributed by atoms with Gasteiger partial charge in [0.15, 0.2) is 6.29 Å². The summed E-state index contributed by atoms with van der Waals surface area (Å²) in [5.74, 6) is -0.620. The molecule has 0 saturated carbocycles. The van der Waals surface area contributed by atoms with Gasteiger partial charge < -0.3 is 45.4 Å². The van der Waals surface area contributed by atoms with E-state index in [2.05, 4.69) is 31.3 Å². The van der Waals surface area contributed by atoms with Crippen LogP contribution in [0.2, 0.25) is 0 Å². The second-order valence-corrected chi connectivity index (χ2v) is 15.6. The standard InChI is InChI=1S/C44H83NO9/c1-3-5-7-9-11-13-15-17-18-19-20-21-23-24-26-28-30-32-37(47)36(35-53-44-42(51)41(50)40(49)39(34-46)54-44)45-43(52)38(48)33-31-29-27-25-22-16-14-12-10-8-6-4-2/h17-18,30,32,36-42,44,46-51H,3-16,19-29,31,33-35H2,1-2H3,(H,45,52)/b18-17-,32-30+/t36-,37-,38-,39-,40-,41+,42-,44-/m1/s1. The maximum Gasteiger partial charge on any atom is 0.249 e. The van der Waals surface area contributed by atoms with Crippen molar-refractivity contribution in [3.05, 3.63) is 24.3 Å². The van der Waals surface area contributed by atoms with Gasteiger partial charge in [0.05, 0.1) is 25.4 Å². The molecule has 54 heavy (non-hydrogen) atoms. The van der Waals surface area contributed by atoms with E-state index in [0.29, 0.717) is 6.42 Å². The van der Waals surface area contributed by atoms with Crippen LogP contribution < -0.4 is 5.32 Å². The summed E-state index contributed by atoms with van der Waals surface area (Å²) < 4.78 is 11.1. The Bertz CT molecular complexity index is 916.